The molecule has 2 rings (SSSR count). The van der Waals surface area contributed by atoms with Crippen molar-refractivity contribution >= 4 is 23.2 Å². The summed E-state index contributed by atoms with van der Waals surface area (Å²) in [6.07, 6.45) is 1.52. The number of hydrogen-bond acceptors (Lipinski definition) is 4. The van der Waals surface area contributed by atoms with Crippen molar-refractivity contribution in [3.05, 3.63) is 41.2 Å². The highest BCUT2D eigenvalue weighted by molar-refractivity contribution is 6.32. The number of rotatable bonds is 3. The fourth-order valence-electron chi connectivity index (χ4n) is 1.28. The summed E-state index contributed by atoms with van der Waals surface area (Å²) in [6.45, 7) is 0. The number of carbonyl (C=O) groups is 1. The molecule has 0 aliphatic heterocycles. The number of hydrogen-bond donors (Lipinski definition) is 2. The summed E-state index contributed by atoms with van der Waals surface area (Å²) in [5.41, 5.74) is 1.06. The van der Waals surface area contributed by atoms with Gasteiger partial charge in [0.05, 0.1) is 17.1 Å². The van der Waals surface area contributed by atoms with Crippen molar-refractivity contribution in [3.63, 3.8) is 0 Å². The van der Waals surface area contributed by atoms with Gasteiger partial charge in [0.25, 0.3) is 0 Å². The minimum Gasteiger partial charge on any atom is -0.506 e. The predicted octanol–water partition coefficient (Wildman–Crippen LogP) is 2.21. The SMILES string of the molecule is O=C(Cc1ccon1)Nc1ccc(O)c(Cl)c1. The number of amides is 1. The van der Waals surface area contributed by atoms with Gasteiger partial charge in [-0.3, -0.25) is 4.79 Å². The van der Waals surface area contributed by atoms with E-state index in [4.69, 9.17) is 11.6 Å². The maximum Gasteiger partial charge on any atom is 0.230 e. The third kappa shape index (κ3) is 2.98. The molecule has 0 saturated heterocycles. The van der Waals surface area contributed by atoms with Crippen molar-refractivity contribution in [3.8, 4) is 5.75 Å². The number of benzene rings is 1. The molecular formula is C11H9ClN2O3. The highest BCUT2D eigenvalue weighted by Crippen LogP contribution is 2.26. The first kappa shape index (κ1) is 11.5. The van der Waals surface area contributed by atoms with Gasteiger partial charge in [-0.25, -0.2) is 0 Å². The number of anilines is 1. The van der Waals surface area contributed by atoms with Crippen molar-refractivity contribution < 1.29 is 14.4 Å². The van der Waals surface area contributed by atoms with Crippen LogP contribution >= 0.6 is 11.6 Å². The second kappa shape index (κ2) is 4.88. The van der Waals surface area contributed by atoms with Crippen molar-refractivity contribution in [1.29, 1.82) is 0 Å². The highest BCUT2D eigenvalue weighted by Gasteiger charge is 2.07. The third-order valence-corrected chi connectivity index (χ3v) is 2.37. The van der Waals surface area contributed by atoms with Gasteiger partial charge < -0.3 is 14.9 Å². The van der Waals surface area contributed by atoms with Gasteiger partial charge in [-0.15, -0.1) is 0 Å². The Morgan fingerprint density at radius 2 is 2.29 bits per heavy atom. The minimum atomic E-state index is -0.236. The Balaban J connectivity index is 2.00. The fourth-order valence-corrected chi connectivity index (χ4v) is 1.46. The van der Waals surface area contributed by atoms with Gasteiger partial charge >= 0.3 is 0 Å². The summed E-state index contributed by atoms with van der Waals surface area (Å²) in [6, 6.07) is 6.05. The molecule has 0 saturated carbocycles. The molecule has 0 unspecified atom stereocenters. The summed E-state index contributed by atoms with van der Waals surface area (Å²) in [4.78, 5) is 11.6. The second-order valence-corrected chi connectivity index (χ2v) is 3.79. The van der Waals surface area contributed by atoms with Crippen LogP contribution in [-0.4, -0.2) is 16.2 Å². The first-order valence-corrected chi connectivity index (χ1v) is 5.20. The van der Waals surface area contributed by atoms with Crippen LogP contribution < -0.4 is 5.32 Å². The zero-order chi connectivity index (χ0) is 12.3. The van der Waals surface area contributed by atoms with Gasteiger partial charge in [-0.1, -0.05) is 16.8 Å². The van der Waals surface area contributed by atoms with E-state index in [2.05, 4.69) is 15.0 Å². The molecule has 5 nitrogen and oxygen atoms in total. The first-order valence-electron chi connectivity index (χ1n) is 4.83. The lowest BCUT2D eigenvalue weighted by atomic mass is 10.2. The molecule has 0 aliphatic rings. The van der Waals surface area contributed by atoms with Crippen molar-refractivity contribution in [1.82, 2.24) is 5.16 Å². The molecule has 1 amide bonds. The Kier molecular flexibility index (Phi) is 3.30. The minimum absolute atomic E-state index is 0.0267. The molecule has 17 heavy (non-hydrogen) atoms. The molecule has 2 N–H and O–H groups in total. The Hall–Kier alpha value is -2.01. The number of nitrogens with one attached hydrogen (secondary N) is 1. The van der Waals surface area contributed by atoms with E-state index in [1.165, 1.54) is 18.4 Å². The number of carbonyl (C=O) groups excluding carboxylic acids is 1. The van der Waals surface area contributed by atoms with Crippen LogP contribution in [0.2, 0.25) is 5.02 Å². The molecule has 1 heterocycles. The molecule has 0 spiro atoms. The van der Waals surface area contributed by atoms with Gasteiger partial charge in [0.15, 0.2) is 0 Å². The largest absolute Gasteiger partial charge is 0.506 e. The van der Waals surface area contributed by atoms with E-state index < -0.39 is 0 Å². The van der Waals surface area contributed by atoms with Crippen LogP contribution in [0.4, 0.5) is 5.69 Å². The average Bonchev–Trinajstić information content (AvgIpc) is 2.76. The van der Waals surface area contributed by atoms with Gasteiger partial charge in [-0.05, 0) is 18.2 Å². The van der Waals surface area contributed by atoms with E-state index in [0.29, 0.717) is 11.4 Å². The van der Waals surface area contributed by atoms with Crippen LogP contribution in [0.25, 0.3) is 0 Å². The molecule has 0 bridgehead atoms. The van der Waals surface area contributed by atoms with Crippen molar-refractivity contribution in [2.24, 2.45) is 0 Å². The lowest BCUT2D eigenvalue weighted by Crippen LogP contribution is -2.14. The Morgan fingerprint density at radius 1 is 1.47 bits per heavy atom. The standard InChI is InChI=1S/C11H9ClN2O3/c12-9-5-7(1-2-10(9)15)13-11(16)6-8-3-4-17-14-8/h1-5,15H,6H2,(H,13,16). The van der Waals surface area contributed by atoms with E-state index >= 15 is 0 Å². The maximum absolute atomic E-state index is 11.6. The number of phenols is 1. The van der Waals surface area contributed by atoms with E-state index in [-0.39, 0.29) is 23.1 Å². The highest BCUT2D eigenvalue weighted by atomic mass is 35.5. The molecular weight excluding hydrogens is 244 g/mol. The molecule has 1 aromatic carbocycles. The summed E-state index contributed by atoms with van der Waals surface area (Å²) in [5.74, 6) is -0.262. The van der Waals surface area contributed by atoms with Crippen LogP contribution in [0.15, 0.2) is 35.1 Å². The van der Waals surface area contributed by atoms with E-state index in [1.807, 2.05) is 0 Å². The van der Waals surface area contributed by atoms with E-state index in [9.17, 15) is 9.90 Å². The van der Waals surface area contributed by atoms with Crippen LogP contribution in [0.1, 0.15) is 5.69 Å². The lowest BCUT2D eigenvalue weighted by Gasteiger charge is -2.05. The van der Waals surface area contributed by atoms with Crippen molar-refractivity contribution in [2.75, 3.05) is 5.32 Å². The van der Waals surface area contributed by atoms with Crippen LogP contribution in [0.3, 0.4) is 0 Å². The quantitative estimate of drug-likeness (QED) is 0.822. The summed E-state index contributed by atoms with van der Waals surface area (Å²) >= 11 is 5.71. The number of nitrogens with zero attached hydrogens (tertiary/aromatic N) is 1. The smallest absolute Gasteiger partial charge is 0.230 e. The summed E-state index contributed by atoms with van der Waals surface area (Å²) < 4.78 is 4.62. The van der Waals surface area contributed by atoms with Crippen molar-refractivity contribution in [2.45, 2.75) is 6.42 Å². The number of phenolic OH excluding ortho intramolecular Hbond substituents is 1. The van der Waals surface area contributed by atoms with Gasteiger partial charge in [0, 0.05) is 11.8 Å². The van der Waals surface area contributed by atoms with E-state index in [0.717, 1.165) is 0 Å². The molecule has 0 aliphatic carbocycles. The number of halogens is 1. The topological polar surface area (TPSA) is 75.4 Å². The first-order chi connectivity index (χ1) is 8.15. The molecule has 0 atom stereocenters. The monoisotopic (exact) mass is 252 g/mol. The second-order valence-electron chi connectivity index (χ2n) is 3.38. The number of aromatic hydroxyl groups is 1. The van der Waals surface area contributed by atoms with Gasteiger partial charge in [0.2, 0.25) is 5.91 Å². The average molecular weight is 253 g/mol. The van der Waals surface area contributed by atoms with Gasteiger partial charge in [-0.2, -0.15) is 0 Å². The maximum atomic E-state index is 11.6. The summed E-state index contributed by atoms with van der Waals surface area (Å²) in [7, 11) is 0. The van der Waals surface area contributed by atoms with Crippen LogP contribution in [0.5, 0.6) is 5.75 Å². The molecule has 2 aromatic rings. The number of aromatic nitrogens is 1. The zero-order valence-corrected chi connectivity index (χ0v) is 9.44. The zero-order valence-electron chi connectivity index (χ0n) is 8.68. The normalized spacial score (nSPS) is 10.2. The molecule has 0 radical (unpaired) electrons. The Bertz CT molecular complexity index is 526. The molecule has 1 aromatic heterocycles. The molecule has 6 heteroatoms. The van der Waals surface area contributed by atoms with Crippen LogP contribution in [0, 0.1) is 0 Å². The summed E-state index contributed by atoms with van der Waals surface area (Å²) in [5, 5.41) is 15.7. The third-order valence-electron chi connectivity index (χ3n) is 2.06. The predicted molar refractivity (Wildman–Crippen MR) is 62.0 cm³/mol. The molecule has 88 valence electrons. The van der Waals surface area contributed by atoms with Gasteiger partial charge in [0.1, 0.15) is 12.0 Å². The molecule has 0 fully saturated rings. The van der Waals surface area contributed by atoms with Crippen LogP contribution in [-0.2, 0) is 11.2 Å². The van der Waals surface area contributed by atoms with E-state index in [1.54, 1.807) is 12.1 Å². The lowest BCUT2D eigenvalue weighted by molar-refractivity contribution is -0.115. The fraction of sp³-hybridized carbons (Fsp3) is 0.0909. The Morgan fingerprint density at radius 3 is 2.94 bits per heavy atom. The Labute approximate surface area is 102 Å².